The number of nitrogens with two attached hydrogens (primary N) is 1. The molecule has 7 amide bonds. The monoisotopic (exact) mass is 1220 g/mol. The number of primary amides is 1. The minimum Gasteiger partial charge on any atom is -0.468 e. The lowest BCUT2D eigenvalue weighted by Gasteiger charge is -2.37. The molecule has 9 rings (SSSR count). The van der Waals surface area contributed by atoms with Crippen LogP contribution in [0, 0.1) is 12.7 Å². The lowest BCUT2D eigenvalue weighted by atomic mass is 9.89. The smallest absolute Gasteiger partial charge is 0.325 e. The highest BCUT2D eigenvalue weighted by molar-refractivity contribution is 6.01. The van der Waals surface area contributed by atoms with Crippen molar-refractivity contribution in [2.45, 2.75) is 70.4 Å². The van der Waals surface area contributed by atoms with Crippen LogP contribution in [0.3, 0.4) is 0 Å². The van der Waals surface area contributed by atoms with Gasteiger partial charge in [0.2, 0.25) is 29.5 Å². The number of hydrogen-bond donors (Lipinski definition) is 5. The van der Waals surface area contributed by atoms with Gasteiger partial charge in [0.25, 0.3) is 5.91 Å². The van der Waals surface area contributed by atoms with E-state index in [0.717, 1.165) is 48.2 Å². The van der Waals surface area contributed by atoms with Gasteiger partial charge in [-0.15, -0.1) is 0 Å². The molecule has 0 aliphatic carbocycles. The Hall–Kier alpha value is -9.15. The highest BCUT2D eigenvalue weighted by atomic mass is 19.1. The van der Waals surface area contributed by atoms with Crippen molar-refractivity contribution in [2.75, 3.05) is 123 Å². The van der Waals surface area contributed by atoms with Crippen LogP contribution < -0.4 is 31.9 Å². The number of methoxy groups -OCH3 is 1. The number of esters is 1. The molecule has 1 atom stereocenters. The largest absolute Gasteiger partial charge is 0.468 e. The highest BCUT2D eigenvalue weighted by Crippen LogP contribution is 2.36. The normalized spacial score (nSPS) is 15.5. The number of nitrogens with zero attached hydrogens (tertiary/aromatic N) is 10. The fourth-order valence-electron chi connectivity index (χ4n) is 11.1. The van der Waals surface area contributed by atoms with Crippen molar-refractivity contribution in [3.05, 3.63) is 89.8 Å². The molecule has 28 heteroatoms. The summed E-state index contributed by atoms with van der Waals surface area (Å²) >= 11 is 0. The molecule has 3 saturated heterocycles. The summed E-state index contributed by atoms with van der Waals surface area (Å²) in [5.41, 5.74) is 9.60. The van der Waals surface area contributed by atoms with Crippen LogP contribution in [0.2, 0.25) is 0 Å². The zero-order valence-corrected chi connectivity index (χ0v) is 49.6. The Morgan fingerprint density at radius 2 is 1.49 bits per heavy atom. The maximum Gasteiger partial charge on any atom is 0.325 e. The number of likely N-dealkylation sites (tertiary alicyclic amines) is 1. The van der Waals surface area contributed by atoms with Crippen LogP contribution in [0.15, 0.2) is 67.0 Å². The number of rotatable bonds is 28. The van der Waals surface area contributed by atoms with Gasteiger partial charge in [-0.2, -0.15) is 10.2 Å². The zero-order valence-electron chi connectivity index (χ0n) is 49.6. The Morgan fingerprint density at radius 1 is 0.750 bits per heavy atom. The van der Waals surface area contributed by atoms with Crippen molar-refractivity contribution < 1.29 is 61.7 Å². The number of fused-ring (bicyclic) bond motifs is 2. The molecule has 0 unspecified atom stereocenters. The first-order chi connectivity index (χ1) is 42.5. The lowest BCUT2D eigenvalue weighted by molar-refractivity contribution is -0.141. The minimum absolute atomic E-state index is 0.0345. The van der Waals surface area contributed by atoms with Crippen LogP contribution >= 0.6 is 0 Å². The van der Waals surface area contributed by atoms with Crippen LogP contribution in [0.1, 0.15) is 77.4 Å². The average molecular weight is 1220 g/mol. The Balaban J connectivity index is 0.619. The molecule has 3 aromatic carbocycles. The molecule has 0 saturated carbocycles. The maximum absolute atomic E-state index is 15.8. The van der Waals surface area contributed by atoms with E-state index in [1.54, 1.807) is 36.2 Å². The van der Waals surface area contributed by atoms with Crippen LogP contribution in [-0.2, 0) is 49.5 Å². The third-order valence-corrected chi connectivity index (χ3v) is 15.8. The zero-order chi connectivity index (χ0) is 62.3. The molecule has 3 aliphatic rings. The van der Waals surface area contributed by atoms with Gasteiger partial charge in [0.1, 0.15) is 24.7 Å². The number of ether oxygens (including phenoxy) is 4. The molecule has 0 bridgehead atoms. The van der Waals surface area contributed by atoms with Gasteiger partial charge in [-0.05, 0) is 80.0 Å². The van der Waals surface area contributed by atoms with E-state index in [-0.39, 0.29) is 112 Å². The van der Waals surface area contributed by atoms with E-state index in [2.05, 4.69) is 46.1 Å². The van der Waals surface area contributed by atoms with E-state index in [9.17, 15) is 38.4 Å². The van der Waals surface area contributed by atoms with E-state index < -0.39 is 35.4 Å². The summed E-state index contributed by atoms with van der Waals surface area (Å²) in [5, 5.41) is 20.5. The Kier molecular flexibility index (Phi) is 21.6. The van der Waals surface area contributed by atoms with Gasteiger partial charge in [0.05, 0.1) is 94.9 Å². The SMILES string of the molecule is COC(=O)CNC(=O)CNC(=O)Cn1nc(C)c2c(-c3cc4c(cnn4C(=O)CCC(=O)NCCOCCOCCOCCC(=O)N4CCC(c5ccc(Nc6nc(N7CCC[C@@H](N8CCN(C)C8=O)C7)cnc6C(N)=O)cc5)CC4)cc3F)cccc21. The van der Waals surface area contributed by atoms with E-state index in [0.29, 0.717) is 91.4 Å². The molecule has 88 heavy (non-hydrogen) atoms. The summed E-state index contributed by atoms with van der Waals surface area (Å²) in [7, 11) is 3.00. The molecule has 6 heterocycles. The first kappa shape index (κ1) is 63.4. The topological polar surface area (TPSA) is 322 Å². The summed E-state index contributed by atoms with van der Waals surface area (Å²) < 4.78 is 39.7. The number of aromatic nitrogens is 6. The van der Waals surface area contributed by atoms with Crippen LogP contribution in [0.5, 0.6) is 0 Å². The maximum atomic E-state index is 15.8. The number of hydrogen-bond acceptors (Lipinski definition) is 18. The quantitative estimate of drug-likeness (QED) is 0.0348. The number of halogens is 1. The summed E-state index contributed by atoms with van der Waals surface area (Å²) in [6, 6.07) is 16.0. The number of carbonyl (C=O) groups excluding carboxylic acids is 8. The average Bonchev–Trinajstić information content (AvgIpc) is 2.31. The second kappa shape index (κ2) is 30.0. The Bertz CT molecular complexity index is 3520. The third kappa shape index (κ3) is 16.1. The standard InChI is InChI=1S/C60H74FN15O12/c1-38-56-44(7-4-8-47(56)75(70-38)37-52(79)64-34-51(78)65-35-55(82)85-3)45-31-48-41(30-46(45)61)32-67-76(48)54(81)14-13-50(77)63-18-25-87-27-29-88-28-26-86-24-17-53(80)72-20-15-40(16-21-72)39-9-11-42(12-10-39)68-59-57(58(62)83)66-33-49(69-59)73-19-5-6-43(36-73)74-23-22-71(2)60(74)84/h4,7-12,30-33,40,43H,5-6,13-29,34-37H2,1-3H3,(H2,62,83)(H,63,77)(H,64,79)(H,65,78)(H,68,69)/t43-/m1/s1. The van der Waals surface area contributed by atoms with Gasteiger partial charge >= 0.3 is 12.0 Å². The fourth-order valence-corrected chi connectivity index (χ4v) is 11.1. The minimum atomic E-state index is -0.695. The van der Waals surface area contributed by atoms with Gasteiger partial charge in [-0.1, -0.05) is 24.3 Å². The third-order valence-electron chi connectivity index (χ3n) is 15.8. The molecular weight excluding hydrogens is 1140 g/mol. The molecule has 3 aromatic heterocycles. The lowest BCUT2D eigenvalue weighted by Crippen LogP contribution is -2.49. The number of carbonyl (C=O) groups is 8. The predicted molar refractivity (Wildman–Crippen MR) is 320 cm³/mol. The van der Waals surface area contributed by atoms with E-state index in [1.807, 2.05) is 41.1 Å². The van der Waals surface area contributed by atoms with E-state index >= 15 is 4.39 Å². The van der Waals surface area contributed by atoms with Gasteiger partial charge in [-0.3, -0.25) is 38.2 Å². The molecule has 6 aromatic rings. The summed E-state index contributed by atoms with van der Waals surface area (Å²) in [6.07, 6.45) is 6.34. The van der Waals surface area contributed by atoms with Crippen molar-refractivity contribution in [2.24, 2.45) is 5.73 Å². The van der Waals surface area contributed by atoms with Crippen LogP contribution in [-0.4, -0.2) is 210 Å². The predicted octanol–water partition coefficient (Wildman–Crippen LogP) is 3.26. The number of likely N-dealkylation sites (N-methyl/N-ethyl adjacent to an activating group) is 1. The molecule has 3 aliphatic heterocycles. The number of nitrogens with one attached hydrogen (secondary N) is 4. The van der Waals surface area contributed by atoms with Crippen molar-refractivity contribution in [3.8, 4) is 11.1 Å². The second-order valence-electron chi connectivity index (χ2n) is 21.7. The first-order valence-electron chi connectivity index (χ1n) is 29.4. The summed E-state index contributed by atoms with van der Waals surface area (Å²) in [4.78, 5) is 117. The van der Waals surface area contributed by atoms with Crippen molar-refractivity contribution >= 4 is 86.6 Å². The van der Waals surface area contributed by atoms with Gasteiger partial charge in [-0.25, -0.2) is 23.8 Å². The summed E-state index contributed by atoms with van der Waals surface area (Å²) in [6.45, 7) is 6.68. The molecule has 468 valence electrons. The summed E-state index contributed by atoms with van der Waals surface area (Å²) in [5.74, 6) is -2.68. The van der Waals surface area contributed by atoms with Gasteiger partial charge < -0.3 is 65.5 Å². The van der Waals surface area contributed by atoms with Crippen molar-refractivity contribution in [1.29, 1.82) is 0 Å². The Morgan fingerprint density at radius 3 is 2.22 bits per heavy atom. The number of urea groups is 1. The number of anilines is 3. The molecular formula is C60H74FN15O12. The molecule has 6 N–H and O–H groups in total. The number of aryl methyl sites for hydroxylation is 1. The van der Waals surface area contributed by atoms with Crippen molar-refractivity contribution in [3.63, 3.8) is 0 Å². The van der Waals surface area contributed by atoms with Gasteiger partial charge in [0.15, 0.2) is 11.5 Å². The number of benzene rings is 3. The van der Waals surface area contributed by atoms with Crippen LogP contribution in [0.25, 0.3) is 32.9 Å². The second-order valence-corrected chi connectivity index (χ2v) is 21.7. The number of piperidine rings is 2. The van der Waals surface area contributed by atoms with E-state index in [4.69, 9.17) is 24.9 Å². The Labute approximate surface area is 506 Å². The van der Waals surface area contributed by atoms with Crippen molar-refractivity contribution in [1.82, 2.24) is 60.2 Å². The van der Waals surface area contributed by atoms with E-state index in [1.165, 1.54) is 30.1 Å². The molecule has 3 fully saturated rings. The molecule has 0 spiro atoms. The highest BCUT2D eigenvalue weighted by Gasteiger charge is 2.35. The molecule has 0 radical (unpaired) electrons. The molecule has 27 nitrogen and oxygen atoms in total. The number of amides is 7. The first-order valence-corrected chi connectivity index (χ1v) is 29.4. The fraction of sp³-hybridized carbons (Fsp3) is 0.467. The van der Waals surface area contributed by atoms with Crippen LogP contribution in [0.4, 0.5) is 26.5 Å². The van der Waals surface area contributed by atoms with Gasteiger partial charge in [0, 0.05) is 87.7 Å².